The lowest BCUT2D eigenvalue weighted by Gasteiger charge is -2.06. The van der Waals surface area contributed by atoms with Crippen molar-refractivity contribution in [3.8, 4) is 0 Å². The number of benzene rings is 1. The smallest absolute Gasteiger partial charge is 0.251 e. The van der Waals surface area contributed by atoms with E-state index in [0.29, 0.717) is 10.7 Å². The molecule has 0 fully saturated rings. The van der Waals surface area contributed by atoms with E-state index in [1.54, 1.807) is 6.07 Å². The van der Waals surface area contributed by atoms with Crippen molar-refractivity contribution in [2.75, 3.05) is 0 Å². The average Bonchev–Trinajstić information content (AvgIpc) is 2.37. The Bertz CT molecular complexity index is 729. The SMILES string of the molecule is CCCc1cc(=O)[nH]c(Sc2ccc(C(=N)N)c(Br)c2)n1. The van der Waals surface area contributed by atoms with E-state index in [1.165, 1.54) is 17.8 Å². The minimum Gasteiger partial charge on any atom is -0.384 e. The molecular formula is C14H15BrN4OS. The number of aromatic amines is 1. The van der Waals surface area contributed by atoms with Gasteiger partial charge in [0.1, 0.15) is 5.84 Å². The number of hydrogen-bond acceptors (Lipinski definition) is 4. The quantitative estimate of drug-likeness (QED) is 0.430. The second-order valence-electron chi connectivity index (χ2n) is 4.45. The van der Waals surface area contributed by atoms with Gasteiger partial charge in [-0.25, -0.2) is 4.98 Å². The highest BCUT2D eigenvalue weighted by molar-refractivity contribution is 9.10. The molecule has 0 aliphatic carbocycles. The van der Waals surface area contributed by atoms with Crippen LogP contribution in [0.3, 0.4) is 0 Å². The molecule has 1 aromatic heterocycles. The number of hydrogen-bond donors (Lipinski definition) is 3. The fourth-order valence-electron chi connectivity index (χ4n) is 1.81. The van der Waals surface area contributed by atoms with Gasteiger partial charge in [-0.05, 0) is 40.5 Å². The zero-order valence-electron chi connectivity index (χ0n) is 11.4. The Morgan fingerprint density at radius 2 is 2.24 bits per heavy atom. The minimum atomic E-state index is -0.143. The Morgan fingerprint density at radius 1 is 1.48 bits per heavy atom. The first kappa shape index (κ1) is 15.8. The molecule has 0 saturated carbocycles. The van der Waals surface area contributed by atoms with Crippen LogP contribution >= 0.6 is 27.7 Å². The summed E-state index contributed by atoms with van der Waals surface area (Å²) in [6.45, 7) is 2.05. The maximum atomic E-state index is 11.6. The Kier molecular flexibility index (Phi) is 5.19. The maximum Gasteiger partial charge on any atom is 0.251 e. The van der Waals surface area contributed by atoms with E-state index < -0.39 is 0 Å². The highest BCUT2D eigenvalue weighted by atomic mass is 79.9. The van der Waals surface area contributed by atoms with Crippen LogP contribution in [0.15, 0.2) is 43.6 Å². The van der Waals surface area contributed by atoms with E-state index in [2.05, 4.69) is 25.9 Å². The summed E-state index contributed by atoms with van der Waals surface area (Å²) < 4.78 is 0.743. The van der Waals surface area contributed by atoms with Crippen LogP contribution in [0.1, 0.15) is 24.6 Å². The van der Waals surface area contributed by atoms with Crippen LogP contribution in [0.5, 0.6) is 0 Å². The molecule has 0 aliphatic heterocycles. The Hall–Kier alpha value is -1.60. The molecular weight excluding hydrogens is 352 g/mol. The highest BCUT2D eigenvalue weighted by Gasteiger charge is 2.07. The number of aryl methyl sites for hydroxylation is 1. The molecule has 1 heterocycles. The lowest BCUT2D eigenvalue weighted by atomic mass is 10.2. The Morgan fingerprint density at radius 3 is 2.86 bits per heavy atom. The number of nitrogens with two attached hydrogens (primary N) is 1. The van der Waals surface area contributed by atoms with Crippen LogP contribution < -0.4 is 11.3 Å². The molecule has 0 amide bonds. The van der Waals surface area contributed by atoms with Gasteiger partial charge in [0, 0.05) is 26.7 Å². The number of nitrogens with zero attached hydrogens (tertiary/aromatic N) is 1. The molecule has 5 nitrogen and oxygen atoms in total. The van der Waals surface area contributed by atoms with Crippen molar-refractivity contribution in [1.29, 1.82) is 5.41 Å². The van der Waals surface area contributed by atoms with Crippen molar-refractivity contribution >= 4 is 33.5 Å². The standard InChI is InChI=1S/C14H15BrN4OS/c1-2-3-8-6-12(20)19-14(18-8)21-9-4-5-10(13(16)17)11(15)7-9/h4-7H,2-3H2,1H3,(H3,16,17)(H,18,19,20). The van der Waals surface area contributed by atoms with Gasteiger partial charge in [-0.3, -0.25) is 10.2 Å². The van der Waals surface area contributed by atoms with Gasteiger partial charge in [-0.1, -0.05) is 25.1 Å². The lowest BCUT2D eigenvalue weighted by Crippen LogP contribution is -2.11. The predicted octanol–water partition coefficient (Wildman–Crippen LogP) is 2.92. The van der Waals surface area contributed by atoms with Crippen LogP contribution in [0.2, 0.25) is 0 Å². The second-order valence-corrected chi connectivity index (χ2v) is 6.37. The first-order valence-electron chi connectivity index (χ1n) is 6.41. The number of aromatic nitrogens is 2. The molecule has 1 aromatic carbocycles. The van der Waals surface area contributed by atoms with Gasteiger partial charge in [-0.15, -0.1) is 0 Å². The molecule has 4 N–H and O–H groups in total. The van der Waals surface area contributed by atoms with Crippen LogP contribution in [-0.4, -0.2) is 15.8 Å². The fraction of sp³-hybridized carbons (Fsp3) is 0.214. The van der Waals surface area contributed by atoms with Crippen molar-refractivity contribution in [3.63, 3.8) is 0 Å². The molecule has 0 unspecified atom stereocenters. The molecule has 0 spiro atoms. The number of nitrogens with one attached hydrogen (secondary N) is 2. The molecule has 2 rings (SSSR count). The number of halogens is 1. The summed E-state index contributed by atoms with van der Waals surface area (Å²) in [5.41, 5.74) is 6.77. The average molecular weight is 367 g/mol. The van der Waals surface area contributed by atoms with Crippen molar-refractivity contribution in [2.45, 2.75) is 29.8 Å². The van der Waals surface area contributed by atoms with Crippen LogP contribution in [0.25, 0.3) is 0 Å². The first-order chi connectivity index (χ1) is 9.99. The second kappa shape index (κ2) is 6.91. The topological polar surface area (TPSA) is 95.6 Å². The van der Waals surface area contributed by atoms with Gasteiger partial charge < -0.3 is 10.7 Å². The first-order valence-corrected chi connectivity index (χ1v) is 8.02. The van der Waals surface area contributed by atoms with Gasteiger partial charge in [0.15, 0.2) is 5.16 Å². The summed E-state index contributed by atoms with van der Waals surface area (Å²) in [5, 5.41) is 8.01. The zero-order valence-corrected chi connectivity index (χ0v) is 13.8. The van der Waals surface area contributed by atoms with Crippen LogP contribution in [-0.2, 0) is 6.42 Å². The summed E-state index contributed by atoms with van der Waals surface area (Å²) in [6.07, 6.45) is 1.73. The van der Waals surface area contributed by atoms with Crippen LogP contribution in [0, 0.1) is 5.41 Å². The Balaban J connectivity index is 2.28. The molecule has 0 bridgehead atoms. The third kappa shape index (κ3) is 4.18. The summed E-state index contributed by atoms with van der Waals surface area (Å²) in [4.78, 5) is 19.7. The molecule has 21 heavy (non-hydrogen) atoms. The fourth-order valence-corrected chi connectivity index (χ4v) is 3.40. The number of nitrogen functional groups attached to an aromatic ring is 1. The monoisotopic (exact) mass is 366 g/mol. The van der Waals surface area contributed by atoms with Crippen molar-refractivity contribution < 1.29 is 0 Å². The van der Waals surface area contributed by atoms with Crippen molar-refractivity contribution in [3.05, 3.63) is 50.3 Å². The normalized spacial score (nSPS) is 10.6. The highest BCUT2D eigenvalue weighted by Crippen LogP contribution is 2.28. The van der Waals surface area contributed by atoms with Crippen LogP contribution in [0.4, 0.5) is 0 Å². The summed E-state index contributed by atoms with van der Waals surface area (Å²) >= 11 is 4.76. The van der Waals surface area contributed by atoms with E-state index >= 15 is 0 Å². The molecule has 110 valence electrons. The van der Waals surface area contributed by atoms with E-state index in [-0.39, 0.29) is 11.4 Å². The molecule has 0 aliphatic rings. The molecule has 0 atom stereocenters. The maximum absolute atomic E-state index is 11.6. The number of rotatable bonds is 5. The van der Waals surface area contributed by atoms with Gasteiger partial charge in [0.05, 0.1) is 0 Å². The summed E-state index contributed by atoms with van der Waals surface area (Å²) in [7, 11) is 0. The van der Waals surface area contributed by atoms with E-state index in [9.17, 15) is 4.79 Å². The molecule has 7 heteroatoms. The minimum absolute atomic E-state index is 0.00917. The van der Waals surface area contributed by atoms with E-state index in [4.69, 9.17) is 11.1 Å². The molecule has 0 radical (unpaired) electrons. The predicted molar refractivity (Wildman–Crippen MR) is 88.1 cm³/mol. The largest absolute Gasteiger partial charge is 0.384 e. The van der Waals surface area contributed by atoms with Gasteiger partial charge in [0.25, 0.3) is 5.56 Å². The van der Waals surface area contributed by atoms with Gasteiger partial charge in [-0.2, -0.15) is 0 Å². The summed E-state index contributed by atoms with van der Waals surface area (Å²) in [5.74, 6) is 0.00917. The van der Waals surface area contributed by atoms with Gasteiger partial charge in [0.2, 0.25) is 0 Å². The number of H-pyrrole nitrogens is 1. The molecule has 0 saturated heterocycles. The zero-order chi connectivity index (χ0) is 15.4. The summed E-state index contributed by atoms with van der Waals surface area (Å²) in [6, 6.07) is 7.00. The van der Waals surface area contributed by atoms with E-state index in [1.807, 2.05) is 19.1 Å². The molecule has 2 aromatic rings. The Labute approximate surface area is 135 Å². The van der Waals surface area contributed by atoms with Crippen molar-refractivity contribution in [1.82, 2.24) is 9.97 Å². The van der Waals surface area contributed by atoms with E-state index in [0.717, 1.165) is 27.9 Å². The lowest BCUT2D eigenvalue weighted by molar-refractivity contribution is 0.816. The third-order valence-corrected chi connectivity index (χ3v) is 4.26. The number of amidine groups is 1. The van der Waals surface area contributed by atoms with Gasteiger partial charge >= 0.3 is 0 Å². The third-order valence-electron chi connectivity index (χ3n) is 2.72. The van der Waals surface area contributed by atoms with Crippen molar-refractivity contribution in [2.24, 2.45) is 5.73 Å².